The Kier molecular flexibility index (Phi) is 5.08. The van der Waals surface area contributed by atoms with E-state index in [0.717, 1.165) is 23.4 Å². The Hall–Kier alpha value is -2.67. The van der Waals surface area contributed by atoms with Gasteiger partial charge in [0.05, 0.1) is 17.0 Å². The van der Waals surface area contributed by atoms with Gasteiger partial charge in [-0.3, -0.25) is 0 Å². The Labute approximate surface area is 153 Å². The van der Waals surface area contributed by atoms with Crippen LogP contribution >= 0.6 is 0 Å². The molecule has 2 aromatic carbocycles. The molecule has 7 heteroatoms. The highest BCUT2D eigenvalue weighted by Gasteiger charge is 2.12. The van der Waals surface area contributed by atoms with Crippen LogP contribution in [0.1, 0.15) is 18.9 Å². The lowest BCUT2D eigenvalue weighted by Crippen LogP contribution is -2.01. The number of rotatable bonds is 6. The van der Waals surface area contributed by atoms with Crippen molar-refractivity contribution in [2.45, 2.75) is 25.2 Å². The third-order valence-electron chi connectivity index (χ3n) is 3.96. The van der Waals surface area contributed by atoms with Crippen LogP contribution in [0.5, 0.6) is 5.75 Å². The average molecular weight is 371 g/mol. The summed E-state index contributed by atoms with van der Waals surface area (Å²) >= 11 is 0. The van der Waals surface area contributed by atoms with Crippen LogP contribution in [0.15, 0.2) is 47.6 Å². The smallest absolute Gasteiger partial charge is 0.175 e. The van der Waals surface area contributed by atoms with Gasteiger partial charge in [0.15, 0.2) is 9.84 Å². The van der Waals surface area contributed by atoms with Crippen LogP contribution in [-0.2, 0) is 9.84 Å². The Morgan fingerprint density at radius 2 is 1.92 bits per heavy atom. The number of aromatic nitrogens is 2. The molecule has 3 rings (SSSR count). The first-order chi connectivity index (χ1) is 12.4. The van der Waals surface area contributed by atoms with Crippen molar-refractivity contribution in [3.63, 3.8) is 0 Å². The van der Waals surface area contributed by atoms with Crippen LogP contribution < -0.4 is 10.1 Å². The van der Waals surface area contributed by atoms with E-state index < -0.39 is 9.84 Å². The standard InChI is InChI=1S/C19H21N3O3S/c1-4-9-25-14-5-7-17(13(2)10-14)22-19-16-11-15(26(3,23)24)6-8-18(16)20-12-21-19/h5-8,10-12H,4,9H2,1-3H3,(H,20,21,22). The highest BCUT2D eigenvalue weighted by molar-refractivity contribution is 7.90. The summed E-state index contributed by atoms with van der Waals surface area (Å²) in [4.78, 5) is 8.74. The summed E-state index contributed by atoms with van der Waals surface area (Å²) in [7, 11) is -3.31. The molecule has 0 saturated carbocycles. The van der Waals surface area contributed by atoms with Gasteiger partial charge in [0.1, 0.15) is 17.9 Å². The van der Waals surface area contributed by atoms with Crippen molar-refractivity contribution in [1.82, 2.24) is 9.97 Å². The third-order valence-corrected chi connectivity index (χ3v) is 5.07. The number of anilines is 2. The van der Waals surface area contributed by atoms with E-state index in [1.54, 1.807) is 18.2 Å². The topological polar surface area (TPSA) is 81.2 Å². The molecule has 1 N–H and O–H groups in total. The Balaban J connectivity index is 1.98. The van der Waals surface area contributed by atoms with E-state index in [2.05, 4.69) is 22.2 Å². The van der Waals surface area contributed by atoms with Crippen molar-refractivity contribution in [2.75, 3.05) is 18.2 Å². The summed E-state index contributed by atoms with van der Waals surface area (Å²) in [5.74, 6) is 1.38. The van der Waals surface area contributed by atoms with E-state index in [9.17, 15) is 8.42 Å². The van der Waals surface area contributed by atoms with Crippen molar-refractivity contribution in [3.8, 4) is 5.75 Å². The zero-order valence-corrected chi connectivity index (χ0v) is 15.8. The number of hydrogen-bond donors (Lipinski definition) is 1. The molecular formula is C19H21N3O3S. The summed E-state index contributed by atoms with van der Waals surface area (Å²) in [6.07, 6.45) is 3.59. The second-order valence-corrected chi connectivity index (χ2v) is 8.14. The number of sulfone groups is 1. The number of nitrogens with zero attached hydrogens (tertiary/aromatic N) is 2. The second kappa shape index (κ2) is 7.29. The third kappa shape index (κ3) is 3.94. The fraction of sp³-hybridized carbons (Fsp3) is 0.263. The summed E-state index contributed by atoms with van der Waals surface area (Å²) in [5.41, 5.74) is 2.55. The van der Waals surface area contributed by atoms with Gasteiger partial charge in [-0.25, -0.2) is 18.4 Å². The molecule has 26 heavy (non-hydrogen) atoms. The maximum absolute atomic E-state index is 11.8. The number of aryl methyl sites for hydroxylation is 1. The van der Waals surface area contributed by atoms with Gasteiger partial charge in [-0.2, -0.15) is 0 Å². The van der Waals surface area contributed by atoms with Crippen LogP contribution in [0.4, 0.5) is 11.5 Å². The molecule has 6 nitrogen and oxygen atoms in total. The van der Waals surface area contributed by atoms with Crippen molar-refractivity contribution in [1.29, 1.82) is 0 Å². The molecule has 3 aromatic rings. The van der Waals surface area contributed by atoms with Crippen LogP contribution in [0.3, 0.4) is 0 Å². The first-order valence-corrected chi connectivity index (χ1v) is 10.2. The molecule has 0 bridgehead atoms. The SMILES string of the molecule is CCCOc1ccc(Nc2ncnc3ccc(S(C)(=O)=O)cc23)c(C)c1. The first kappa shape index (κ1) is 18.1. The summed E-state index contributed by atoms with van der Waals surface area (Å²) < 4.78 is 29.3. The Morgan fingerprint density at radius 1 is 1.12 bits per heavy atom. The lowest BCUT2D eigenvalue weighted by Gasteiger charge is -2.13. The van der Waals surface area contributed by atoms with Crippen LogP contribution in [-0.4, -0.2) is 31.2 Å². The van der Waals surface area contributed by atoms with Crippen molar-refractivity contribution in [3.05, 3.63) is 48.3 Å². The molecular weight excluding hydrogens is 350 g/mol. The summed E-state index contributed by atoms with van der Waals surface area (Å²) in [5, 5.41) is 3.93. The normalized spacial score (nSPS) is 11.5. The summed E-state index contributed by atoms with van der Waals surface area (Å²) in [6, 6.07) is 10.6. The number of fused-ring (bicyclic) bond motifs is 1. The molecule has 0 unspecified atom stereocenters. The minimum absolute atomic E-state index is 0.239. The maximum atomic E-state index is 11.8. The zero-order valence-electron chi connectivity index (χ0n) is 15.0. The molecule has 0 aliphatic rings. The fourth-order valence-electron chi connectivity index (χ4n) is 2.58. The minimum atomic E-state index is -3.31. The molecule has 136 valence electrons. The Bertz CT molecular complexity index is 1050. The molecule has 0 saturated heterocycles. The summed E-state index contributed by atoms with van der Waals surface area (Å²) in [6.45, 7) is 4.72. The van der Waals surface area contributed by atoms with E-state index in [0.29, 0.717) is 23.3 Å². The van der Waals surface area contributed by atoms with Gasteiger partial charge in [-0.1, -0.05) is 6.92 Å². The number of hydrogen-bond acceptors (Lipinski definition) is 6. The minimum Gasteiger partial charge on any atom is -0.494 e. The maximum Gasteiger partial charge on any atom is 0.175 e. The van der Waals surface area contributed by atoms with Crippen LogP contribution in [0, 0.1) is 6.92 Å². The number of nitrogens with one attached hydrogen (secondary N) is 1. The largest absolute Gasteiger partial charge is 0.494 e. The van der Waals surface area contributed by atoms with Gasteiger partial charge in [-0.05, 0) is 55.3 Å². The van der Waals surface area contributed by atoms with Crippen molar-refractivity contribution < 1.29 is 13.2 Å². The lowest BCUT2D eigenvalue weighted by molar-refractivity contribution is 0.317. The van der Waals surface area contributed by atoms with Gasteiger partial charge in [0.2, 0.25) is 0 Å². The predicted molar refractivity (Wildman–Crippen MR) is 103 cm³/mol. The highest BCUT2D eigenvalue weighted by atomic mass is 32.2. The lowest BCUT2D eigenvalue weighted by atomic mass is 10.1. The highest BCUT2D eigenvalue weighted by Crippen LogP contribution is 2.28. The van der Waals surface area contributed by atoms with Crippen molar-refractivity contribution in [2.24, 2.45) is 0 Å². The molecule has 0 spiro atoms. The molecule has 0 amide bonds. The molecule has 0 aliphatic heterocycles. The van der Waals surface area contributed by atoms with Crippen LogP contribution in [0.2, 0.25) is 0 Å². The van der Waals surface area contributed by atoms with Gasteiger partial charge in [-0.15, -0.1) is 0 Å². The predicted octanol–water partition coefficient (Wildman–Crippen LogP) is 3.87. The first-order valence-electron chi connectivity index (χ1n) is 8.34. The number of ether oxygens (including phenoxy) is 1. The quantitative estimate of drug-likeness (QED) is 0.708. The van der Waals surface area contributed by atoms with E-state index in [-0.39, 0.29) is 4.90 Å². The monoisotopic (exact) mass is 371 g/mol. The van der Waals surface area contributed by atoms with Gasteiger partial charge < -0.3 is 10.1 Å². The van der Waals surface area contributed by atoms with Gasteiger partial charge in [0, 0.05) is 17.3 Å². The second-order valence-electron chi connectivity index (χ2n) is 6.12. The number of benzene rings is 2. The Morgan fingerprint density at radius 3 is 2.62 bits per heavy atom. The van der Waals surface area contributed by atoms with Crippen LogP contribution in [0.25, 0.3) is 10.9 Å². The van der Waals surface area contributed by atoms with Gasteiger partial charge in [0.25, 0.3) is 0 Å². The molecule has 1 aromatic heterocycles. The van der Waals surface area contributed by atoms with Crippen molar-refractivity contribution >= 4 is 32.2 Å². The average Bonchev–Trinajstić information content (AvgIpc) is 2.61. The van der Waals surface area contributed by atoms with Gasteiger partial charge >= 0.3 is 0 Å². The van der Waals surface area contributed by atoms with E-state index in [1.807, 2.05) is 25.1 Å². The molecule has 1 heterocycles. The zero-order chi connectivity index (χ0) is 18.7. The molecule has 0 radical (unpaired) electrons. The van der Waals surface area contributed by atoms with E-state index in [4.69, 9.17) is 4.74 Å². The van der Waals surface area contributed by atoms with E-state index in [1.165, 1.54) is 12.6 Å². The molecule has 0 atom stereocenters. The molecule has 0 aliphatic carbocycles. The molecule has 0 fully saturated rings. The van der Waals surface area contributed by atoms with E-state index >= 15 is 0 Å². The fourth-order valence-corrected chi connectivity index (χ4v) is 3.23.